The minimum atomic E-state index is 0.182. The molecule has 0 spiro atoms. The lowest BCUT2D eigenvalue weighted by atomic mass is 10.0. The van der Waals surface area contributed by atoms with Gasteiger partial charge in [0, 0.05) is 30.4 Å². The molecule has 3 N–H and O–H groups in total. The molecule has 0 aliphatic rings. The normalized spacial score (nSPS) is 12.1. The standard InChI is InChI=1S/C26H32N6O2/c1-4-18(16-33)9-11-28-25-24(22-13-19-12-20(5-2)29-15-23(19)34-22)17(3)31-26(32-25)30-14-21-8-6-7-10-27-21/h6-8,10,12-13,15,18,33H,4-5,9,11,14,16H2,1-3H3,(H2,28,30,31,32). The minimum Gasteiger partial charge on any atom is -0.454 e. The van der Waals surface area contributed by atoms with Crippen molar-refractivity contribution in [2.75, 3.05) is 23.8 Å². The number of aliphatic hydroxyl groups is 1. The molecule has 4 rings (SSSR count). The van der Waals surface area contributed by atoms with Crippen LogP contribution in [0.1, 0.15) is 43.8 Å². The van der Waals surface area contributed by atoms with Gasteiger partial charge >= 0.3 is 0 Å². The second-order valence-electron chi connectivity index (χ2n) is 8.38. The molecule has 0 aliphatic carbocycles. The average Bonchev–Trinajstić information content (AvgIpc) is 3.28. The Kier molecular flexibility index (Phi) is 7.69. The molecule has 1 unspecified atom stereocenters. The molecule has 4 heterocycles. The fourth-order valence-corrected chi connectivity index (χ4v) is 3.87. The van der Waals surface area contributed by atoms with E-state index >= 15 is 0 Å². The predicted molar refractivity (Wildman–Crippen MR) is 135 cm³/mol. The van der Waals surface area contributed by atoms with Crippen LogP contribution >= 0.6 is 0 Å². The van der Waals surface area contributed by atoms with Gasteiger partial charge in [-0.3, -0.25) is 9.97 Å². The van der Waals surface area contributed by atoms with Crippen molar-refractivity contribution in [3.63, 3.8) is 0 Å². The zero-order valence-corrected chi connectivity index (χ0v) is 20.0. The maximum Gasteiger partial charge on any atom is 0.225 e. The Morgan fingerprint density at radius 1 is 1.06 bits per heavy atom. The van der Waals surface area contributed by atoms with Crippen LogP contribution in [0.2, 0.25) is 0 Å². The number of fused-ring (bicyclic) bond motifs is 1. The molecule has 0 saturated carbocycles. The zero-order valence-electron chi connectivity index (χ0n) is 20.0. The summed E-state index contributed by atoms with van der Waals surface area (Å²) >= 11 is 0. The molecule has 1 atom stereocenters. The monoisotopic (exact) mass is 460 g/mol. The molecule has 34 heavy (non-hydrogen) atoms. The van der Waals surface area contributed by atoms with Gasteiger partial charge in [-0.2, -0.15) is 4.98 Å². The molecule has 8 nitrogen and oxygen atoms in total. The van der Waals surface area contributed by atoms with E-state index in [0.717, 1.165) is 52.9 Å². The van der Waals surface area contributed by atoms with Gasteiger partial charge in [-0.15, -0.1) is 0 Å². The molecule has 0 aromatic carbocycles. The highest BCUT2D eigenvalue weighted by atomic mass is 16.3. The highest BCUT2D eigenvalue weighted by molar-refractivity contribution is 5.86. The molecule has 0 aliphatic heterocycles. The molecular weight excluding hydrogens is 428 g/mol. The summed E-state index contributed by atoms with van der Waals surface area (Å²) < 4.78 is 6.16. The van der Waals surface area contributed by atoms with Crippen LogP contribution in [0.4, 0.5) is 11.8 Å². The fraction of sp³-hybridized carbons (Fsp3) is 0.385. The fourth-order valence-electron chi connectivity index (χ4n) is 3.87. The third-order valence-corrected chi connectivity index (χ3v) is 5.99. The highest BCUT2D eigenvalue weighted by Crippen LogP contribution is 2.34. The number of aromatic nitrogens is 4. The third-order valence-electron chi connectivity index (χ3n) is 5.99. The number of aryl methyl sites for hydroxylation is 2. The van der Waals surface area contributed by atoms with Gasteiger partial charge in [0.2, 0.25) is 5.95 Å². The zero-order chi connectivity index (χ0) is 23.9. The molecule has 0 saturated heterocycles. The van der Waals surface area contributed by atoms with Crippen LogP contribution < -0.4 is 10.6 Å². The summed E-state index contributed by atoms with van der Waals surface area (Å²) in [6, 6.07) is 9.89. The lowest BCUT2D eigenvalue weighted by molar-refractivity contribution is 0.217. The van der Waals surface area contributed by atoms with Crippen molar-refractivity contribution >= 4 is 22.7 Å². The summed E-state index contributed by atoms with van der Waals surface area (Å²) in [5.41, 5.74) is 4.30. The molecule has 4 aromatic rings. The highest BCUT2D eigenvalue weighted by Gasteiger charge is 2.18. The average molecular weight is 461 g/mol. The molecule has 0 radical (unpaired) electrons. The van der Waals surface area contributed by atoms with Crippen molar-refractivity contribution in [1.82, 2.24) is 19.9 Å². The Balaban J connectivity index is 1.65. The van der Waals surface area contributed by atoms with Crippen LogP contribution in [0.25, 0.3) is 22.3 Å². The van der Waals surface area contributed by atoms with Gasteiger partial charge in [-0.25, -0.2) is 4.98 Å². The second kappa shape index (κ2) is 11.1. The van der Waals surface area contributed by atoms with Crippen molar-refractivity contribution in [3.8, 4) is 11.3 Å². The van der Waals surface area contributed by atoms with Crippen LogP contribution in [0.3, 0.4) is 0 Å². The van der Waals surface area contributed by atoms with Crippen molar-refractivity contribution in [1.29, 1.82) is 0 Å². The number of nitrogens with one attached hydrogen (secondary N) is 2. The maximum atomic E-state index is 9.56. The number of anilines is 2. The van der Waals surface area contributed by atoms with E-state index in [9.17, 15) is 5.11 Å². The van der Waals surface area contributed by atoms with E-state index in [-0.39, 0.29) is 12.5 Å². The Labute approximate surface area is 199 Å². The predicted octanol–water partition coefficient (Wildman–Crippen LogP) is 4.98. The number of nitrogens with zero attached hydrogens (tertiary/aromatic N) is 4. The number of hydrogen-bond donors (Lipinski definition) is 3. The number of furan rings is 1. The van der Waals surface area contributed by atoms with E-state index < -0.39 is 0 Å². The van der Waals surface area contributed by atoms with Gasteiger partial charge in [0.1, 0.15) is 11.6 Å². The van der Waals surface area contributed by atoms with Gasteiger partial charge in [0.25, 0.3) is 0 Å². The first-order valence-corrected chi connectivity index (χ1v) is 11.9. The van der Waals surface area contributed by atoms with Crippen molar-refractivity contribution in [2.24, 2.45) is 5.92 Å². The Morgan fingerprint density at radius 3 is 2.68 bits per heavy atom. The van der Waals surface area contributed by atoms with Crippen LogP contribution in [-0.4, -0.2) is 38.2 Å². The second-order valence-corrected chi connectivity index (χ2v) is 8.38. The van der Waals surface area contributed by atoms with Crippen LogP contribution in [0, 0.1) is 12.8 Å². The SMILES string of the molecule is CCc1cc2cc(-c3c(C)nc(NCc4ccccn4)nc3NCCC(CC)CO)oc2cn1. The third kappa shape index (κ3) is 5.51. The largest absolute Gasteiger partial charge is 0.454 e. The maximum absolute atomic E-state index is 9.56. The lowest BCUT2D eigenvalue weighted by Crippen LogP contribution is -2.14. The van der Waals surface area contributed by atoms with Crippen LogP contribution in [0.5, 0.6) is 0 Å². The Morgan fingerprint density at radius 2 is 1.94 bits per heavy atom. The van der Waals surface area contributed by atoms with E-state index in [1.807, 2.05) is 31.2 Å². The summed E-state index contributed by atoms with van der Waals surface area (Å²) in [6.45, 7) is 7.53. The lowest BCUT2D eigenvalue weighted by Gasteiger charge is -2.16. The molecule has 0 amide bonds. The minimum absolute atomic E-state index is 0.182. The number of pyridine rings is 2. The summed E-state index contributed by atoms with van der Waals surface area (Å²) in [5, 5.41) is 17.3. The van der Waals surface area contributed by atoms with Crippen molar-refractivity contribution < 1.29 is 9.52 Å². The molecular formula is C26H32N6O2. The van der Waals surface area contributed by atoms with Gasteiger partial charge in [-0.1, -0.05) is 26.3 Å². The summed E-state index contributed by atoms with van der Waals surface area (Å²) in [6.07, 6.45) is 6.18. The van der Waals surface area contributed by atoms with Crippen LogP contribution in [-0.2, 0) is 13.0 Å². The van der Waals surface area contributed by atoms with E-state index in [2.05, 4.69) is 40.5 Å². The summed E-state index contributed by atoms with van der Waals surface area (Å²) in [5.74, 6) is 2.18. The number of hydrogen-bond acceptors (Lipinski definition) is 8. The van der Waals surface area contributed by atoms with Crippen molar-refractivity contribution in [3.05, 3.63) is 59.8 Å². The molecule has 178 valence electrons. The molecule has 0 bridgehead atoms. The first kappa shape index (κ1) is 23.6. The van der Waals surface area contributed by atoms with E-state index in [1.54, 1.807) is 12.4 Å². The topological polar surface area (TPSA) is 109 Å². The first-order chi connectivity index (χ1) is 16.6. The van der Waals surface area contributed by atoms with Crippen LogP contribution in [0.15, 0.2) is 47.1 Å². The van der Waals surface area contributed by atoms with Gasteiger partial charge in [0.15, 0.2) is 5.58 Å². The first-order valence-electron chi connectivity index (χ1n) is 11.9. The van der Waals surface area contributed by atoms with E-state index in [0.29, 0.717) is 30.6 Å². The van der Waals surface area contributed by atoms with Gasteiger partial charge in [0.05, 0.1) is 29.7 Å². The number of aliphatic hydroxyl groups excluding tert-OH is 1. The molecule has 4 aromatic heterocycles. The van der Waals surface area contributed by atoms with E-state index in [1.165, 1.54) is 0 Å². The van der Waals surface area contributed by atoms with Gasteiger partial charge < -0.3 is 20.2 Å². The Hall–Kier alpha value is -3.52. The van der Waals surface area contributed by atoms with Crippen molar-refractivity contribution in [2.45, 2.75) is 46.6 Å². The number of rotatable bonds is 11. The van der Waals surface area contributed by atoms with Gasteiger partial charge in [-0.05, 0) is 49.9 Å². The molecule has 0 fully saturated rings. The van der Waals surface area contributed by atoms with E-state index in [4.69, 9.17) is 14.4 Å². The Bertz CT molecular complexity index is 1220. The summed E-state index contributed by atoms with van der Waals surface area (Å²) in [7, 11) is 0. The molecule has 8 heteroatoms. The summed E-state index contributed by atoms with van der Waals surface area (Å²) in [4.78, 5) is 18.3. The quantitative estimate of drug-likeness (QED) is 0.287. The smallest absolute Gasteiger partial charge is 0.225 e.